The fourth-order valence-corrected chi connectivity index (χ4v) is 52.3. The zero-order valence-corrected chi connectivity index (χ0v) is 40.4. The monoisotopic (exact) mass is 1020 g/mol. The number of halogens is 2. The number of fused-ring (bicyclic) bond motifs is 6. The van der Waals surface area contributed by atoms with Crippen LogP contribution in [0, 0.1) is 0 Å². The first kappa shape index (κ1) is 40.0. The maximum absolute atomic E-state index is 4.10. The van der Waals surface area contributed by atoms with E-state index in [9.17, 15) is 0 Å². The van der Waals surface area contributed by atoms with Gasteiger partial charge in [-0.25, -0.2) is 0 Å². The maximum Gasteiger partial charge on any atom is -1.00 e. The Morgan fingerprint density at radius 3 is 1.13 bits per heavy atom. The Balaban J connectivity index is 0.000000240. The fraction of sp³-hybridized carbons (Fsp3) is 0.368. The van der Waals surface area contributed by atoms with Gasteiger partial charge in [0.05, 0.1) is 0 Å². The molecule has 0 saturated heterocycles. The first-order valence-electron chi connectivity index (χ1n) is 16.4. The average molecular weight is 1020 g/mol. The van der Waals surface area contributed by atoms with Crippen LogP contribution in [0.3, 0.4) is 0 Å². The summed E-state index contributed by atoms with van der Waals surface area (Å²) in [5.41, 5.74) is 12.7. The van der Waals surface area contributed by atoms with Gasteiger partial charge in [0.2, 0.25) is 0 Å². The van der Waals surface area contributed by atoms with E-state index in [4.69, 9.17) is 0 Å². The quantitative estimate of drug-likeness (QED) is 0.248. The summed E-state index contributed by atoms with van der Waals surface area (Å²) >= 11 is -3.87. The third-order valence-electron chi connectivity index (χ3n) is 8.46. The molecule has 4 aromatic rings. The van der Waals surface area contributed by atoms with Gasteiger partial charge >= 0.3 is 288 Å². The molecular formula is C38H52Cl2Hf2N2Si2. The number of benzene rings is 4. The Morgan fingerprint density at radius 1 is 0.478 bits per heavy atom. The predicted octanol–water partition coefficient (Wildman–Crippen LogP) is 1.58. The summed E-state index contributed by atoms with van der Waals surface area (Å²) in [5, 5.41) is 0. The third-order valence-corrected chi connectivity index (χ3v) is 58.0. The third kappa shape index (κ3) is 9.41. The molecule has 0 aliphatic heterocycles. The van der Waals surface area contributed by atoms with Crippen molar-refractivity contribution in [1.29, 1.82) is 0 Å². The first-order valence-corrected chi connectivity index (χ1v) is 41.8. The minimum Gasteiger partial charge on any atom is -1.00 e. The van der Waals surface area contributed by atoms with Gasteiger partial charge in [0.25, 0.3) is 0 Å². The van der Waals surface area contributed by atoms with Crippen LogP contribution < -0.4 is 38.1 Å². The zero-order valence-electron chi connectivity index (χ0n) is 29.4. The predicted molar refractivity (Wildman–Crippen MR) is 192 cm³/mol. The first-order chi connectivity index (χ1) is 20.7. The van der Waals surface area contributed by atoms with Gasteiger partial charge in [-0.1, -0.05) is 0 Å². The van der Waals surface area contributed by atoms with E-state index in [-0.39, 0.29) is 35.9 Å². The number of hydrogen-bond acceptors (Lipinski definition) is 2. The van der Waals surface area contributed by atoms with Crippen molar-refractivity contribution in [2.45, 2.75) is 91.6 Å². The standard InChI is InChI=1S/2C13H9.2C4H10N.2C2H7Si.2ClH.2Hf/c2*1-3-7-12-10(5-1)9-11-6-2-4-8-13(11)12;2*1-4(2,3)5;2*1-3-2;;;;/h2*1-5,7-8H,9H2;2*5H,1-3H3;2*3H,1-2H3;2*1H;;/q;;2*-1;;;;;2*+2/p-2. The van der Waals surface area contributed by atoms with Crippen LogP contribution in [0.25, 0.3) is 22.3 Å². The topological polar surface area (TPSA) is 24.1 Å². The average Bonchev–Trinajstić information content (AvgIpc) is 3.53. The summed E-state index contributed by atoms with van der Waals surface area (Å²) in [6.45, 7) is 24.1. The van der Waals surface area contributed by atoms with Crippen LogP contribution in [0.5, 0.6) is 0 Å². The molecule has 4 aromatic carbocycles. The fourth-order valence-electron chi connectivity index (χ4n) is 6.67. The normalized spacial score (nSPS) is 12.6. The Bertz CT molecular complexity index is 1510. The molecule has 244 valence electrons. The largest absolute Gasteiger partial charge is 1.00 e. The van der Waals surface area contributed by atoms with E-state index >= 15 is 0 Å². The minimum atomic E-state index is -1.94. The maximum atomic E-state index is 4.10. The molecule has 2 nitrogen and oxygen atoms in total. The van der Waals surface area contributed by atoms with E-state index in [0.29, 0.717) is 0 Å². The zero-order chi connectivity index (χ0) is 31.8. The van der Waals surface area contributed by atoms with Crippen molar-refractivity contribution < 1.29 is 66.6 Å². The molecule has 0 saturated carbocycles. The van der Waals surface area contributed by atoms with Crippen LogP contribution >= 0.6 is 0 Å². The van der Waals surface area contributed by atoms with Crippen molar-refractivity contribution in [3.63, 3.8) is 0 Å². The van der Waals surface area contributed by atoms with E-state index < -0.39 is 53.8 Å². The molecule has 0 bridgehead atoms. The summed E-state index contributed by atoms with van der Waals surface area (Å²) in [7, 11) is 0. The van der Waals surface area contributed by atoms with Crippen LogP contribution in [0.2, 0.25) is 26.2 Å². The van der Waals surface area contributed by atoms with Gasteiger partial charge < -0.3 is 24.8 Å². The van der Waals surface area contributed by atoms with E-state index in [1.54, 1.807) is 17.8 Å². The molecule has 6 rings (SSSR count). The van der Waals surface area contributed by atoms with Crippen LogP contribution in [-0.2, 0) is 54.6 Å². The van der Waals surface area contributed by atoms with Gasteiger partial charge in [-0.3, -0.25) is 0 Å². The van der Waals surface area contributed by atoms with E-state index in [1.807, 2.05) is 0 Å². The van der Waals surface area contributed by atoms with Crippen molar-refractivity contribution in [1.82, 2.24) is 6.61 Å². The molecule has 46 heavy (non-hydrogen) atoms. The van der Waals surface area contributed by atoms with Crippen LogP contribution in [0.15, 0.2) is 84.9 Å². The molecule has 2 aliphatic carbocycles. The second-order valence-corrected chi connectivity index (χ2v) is 65.8. The second kappa shape index (κ2) is 16.5. The Labute approximate surface area is 309 Å². The number of nitrogens with one attached hydrogen (secondary N) is 2. The molecule has 2 aliphatic rings. The van der Waals surface area contributed by atoms with Gasteiger partial charge in [-0.05, 0) is 0 Å². The van der Waals surface area contributed by atoms with Crippen LogP contribution in [0.1, 0.15) is 63.8 Å². The molecule has 0 atom stereocenters. The summed E-state index contributed by atoms with van der Waals surface area (Å²) in [5.74, 6) is -1.28. The molecule has 0 unspecified atom stereocenters. The smallest absolute Gasteiger partial charge is 1.00 e. The second-order valence-electron chi connectivity index (χ2n) is 15.2. The van der Waals surface area contributed by atoms with Crippen molar-refractivity contribution in [2.24, 2.45) is 0 Å². The molecular weight excluding hydrogens is 968 g/mol. The molecule has 8 heteroatoms. The molecule has 0 amide bonds. The van der Waals surface area contributed by atoms with Crippen LogP contribution in [0.4, 0.5) is 0 Å². The van der Waals surface area contributed by atoms with Gasteiger partial charge in [0.1, 0.15) is 0 Å². The van der Waals surface area contributed by atoms with Crippen molar-refractivity contribution >= 4 is 18.6 Å². The van der Waals surface area contributed by atoms with Crippen molar-refractivity contribution in [3.05, 3.63) is 107 Å². The summed E-state index contributed by atoms with van der Waals surface area (Å²) in [6, 6.07) is 32.0. The SMILES string of the molecule is C[SiH](C)[Hf+]([NH]C(C)(C)C)[c]1cccc2c1Cc1ccccc1-2.C[SiH](C)[Hf+]([NH]C(C)(C)C)[c]1cccc2c1Cc1ccccc1-2.[Cl-].[Cl-]. The Kier molecular flexibility index (Phi) is 14.3. The van der Waals surface area contributed by atoms with Crippen molar-refractivity contribution in [3.8, 4) is 22.3 Å². The minimum absolute atomic E-state index is 0. The molecule has 0 fully saturated rings. The number of hydrogen-bond donors (Lipinski definition) is 2. The van der Waals surface area contributed by atoms with Gasteiger partial charge in [-0.15, -0.1) is 0 Å². The summed E-state index contributed by atoms with van der Waals surface area (Å²) in [6.07, 6.45) is 2.28. The van der Waals surface area contributed by atoms with Crippen LogP contribution in [-0.4, -0.2) is 23.0 Å². The van der Waals surface area contributed by atoms with E-state index in [2.05, 4.69) is 159 Å². The van der Waals surface area contributed by atoms with E-state index in [0.717, 1.165) is 12.8 Å². The molecule has 0 spiro atoms. The van der Waals surface area contributed by atoms with E-state index in [1.165, 1.54) is 33.4 Å². The van der Waals surface area contributed by atoms with Gasteiger partial charge in [-0.2, -0.15) is 0 Å². The number of rotatable bonds is 6. The molecule has 0 aromatic heterocycles. The van der Waals surface area contributed by atoms with Gasteiger partial charge in [0, 0.05) is 0 Å². The molecule has 0 heterocycles. The summed E-state index contributed by atoms with van der Waals surface area (Å²) < 4.78 is 11.7. The summed E-state index contributed by atoms with van der Waals surface area (Å²) in [4.78, 5) is 0. The Hall–Kier alpha value is -0.446. The van der Waals surface area contributed by atoms with Crippen molar-refractivity contribution in [2.75, 3.05) is 0 Å². The van der Waals surface area contributed by atoms with Gasteiger partial charge in [0.15, 0.2) is 0 Å². The Morgan fingerprint density at radius 2 is 0.804 bits per heavy atom. The molecule has 0 radical (unpaired) electrons. The molecule has 2 N–H and O–H groups in total.